The lowest BCUT2D eigenvalue weighted by molar-refractivity contribution is -0.115. The molecule has 0 saturated carbocycles. The van der Waals surface area contributed by atoms with Gasteiger partial charge in [-0.3, -0.25) is 9.59 Å². The maximum Gasteiger partial charge on any atom is 0.341 e. The fourth-order valence-electron chi connectivity index (χ4n) is 5.49. The number of anilines is 2. The summed E-state index contributed by atoms with van der Waals surface area (Å²) in [5, 5.41) is 16.7. The molecule has 2 unspecified atom stereocenters. The largest absolute Gasteiger partial charge is 0.478 e. The highest BCUT2D eigenvalue weighted by molar-refractivity contribution is 8.00. The molecule has 0 spiro atoms. The number of carboxylic acids is 1. The molecule has 0 saturated heterocycles. The predicted molar refractivity (Wildman–Crippen MR) is 175 cm³/mol. The van der Waals surface area contributed by atoms with Gasteiger partial charge in [-0.25, -0.2) is 9.59 Å². The van der Waals surface area contributed by atoms with Crippen LogP contribution in [0.4, 0.5) is 10.7 Å². The quantitative estimate of drug-likeness (QED) is 0.121. The van der Waals surface area contributed by atoms with Crippen molar-refractivity contribution in [3.05, 3.63) is 87.8 Å². The van der Waals surface area contributed by atoms with E-state index in [-0.39, 0.29) is 23.6 Å². The first-order chi connectivity index (χ1) is 21.2. The molecule has 3 N–H and O–H groups in total. The lowest BCUT2D eigenvalue weighted by Gasteiger charge is -2.18. The summed E-state index contributed by atoms with van der Waals surface area (Å²) in [6.45, 7) is 6.15. The van der Waals surface area contributed by atoms with E-state index in [0.717, 1.165) is 34.6 Å². The number of carbonyl (C=O) groups is 4. The molecule has 3 aromatic carbocycles. The number of ether oxygens (including phenoxy) is 1. The Morgan fingerprint density at radius 1 is 1.02 bits per heavy atom. The Morgan fingerprint density at radius 3 is 2.45 bits per heavy atom. The molecule has 2 atom stereocenters. The SMILES string of the molecule is CCOC(=O)c1c(NC(=O)C(CC)Sc2cccc(NC(=O)c3cccc4cccc(C(=O)O)c34)c2)sc2c1CCC(C)C2. The molecule has 8 nitrogen and oxygen atoms in total. The smallest absolute Gasteiger partial charge is 0.341 e. The summed E-state index contributed by atoms with van der Waals surface area (Å²) in [7, 11) is 0. The minimum absolute atomic E-state index is 0.0570. The van der Waals surface area contributed by atoms with Gasteiger partial charge in [-0.15, -0.1) is 23.1 Å². The Balaban J connectivity index is 1.33. The predicted octanol–water partition coefficient (Wildman–Crippen LogP) is 7.66. The number of benzene rings is 3. The molecular weight excluding hydrogens is 597 g/mol. The van der Waals surface area contributed by atoms with Crippen LogP contribution in [0.2, 0.25) is 0 Å². The van der Waals surface area contributed by atoms with Crippen molar-refractivity contribution < 1.29 is 29.0 Å². The summed E-state index contributed by atoms with van der Waals surface area (Å²) < 4.78 is 5.35. The van der Waals surface area contributed by atoms with Crippen LogP contribution in [-0.4, -0.2) is 40.7 Å². The maximum absolute atomic E-state index is 13.5. The average molecular weight is 631 g/mol. The second-order valence-corrected chi connectivity index (χ2v) is 13.2. The first-order valence-electron chi connectivity index (χ1n) is 14.7. The third-order valence-electron chi connectivity index (χ3n) is 7.64. The zero-order valence-corrected chi connectivity index (χ0v) is 26.4. The van der Waals surface area contributed by atoms with Crippen LogP contribution < -0.4 is 10.6 Å². The van der Waals surface area contributed by atoms with Gasteiger partial charge in [-0.1, -0.05) is 44.2 Å². The number of aromatic carboxylic acids is 1. The number of thioether (sulfide) groups is 1. The van der Waals surface area contributed by atoms with E-state index in [1.807, 2.05) is 13.0 Å². The van der Waals surface area contributed by atoms with Crippen LogP contribution in [0.1, 0.15) is 75.1 Å². The molecule has 4 aromatic rings. The highest BCUT2D eigenvalue weighted by Crippen LogP contribution is 2.41. The summed E-state index contributed by atoms with van der Waals surface area (Å²) >= 11 is 2.84. The van der Waals surface area contributed by atoms with Crippen LogP contribution in [0.5, 0.6) is 0 Å². The van der Waals surface area contributed by atoms with Crippen molar-refractivity contribution in [1.82, 2.24) is 0 Å². The topological polar surface area (TPSA) is 122 Å². The molecule has 0 bridgehead atoms. The van der Waals surface area contributed by atoms with Crippen LogP contribution in [0.15, 0.2) is 65.6 Å². The Hall–Kier alpha value is -4.15. The number of fused-ring (bicyclic) bond motifs is 2. The van der Waals surface area contributed by atoms with Crippen molar-refractivity contribution in [3.8, 4) is 0 Å². The van der Waals surface area contributed by atoms with Gasteiger partial charge in [-0.2, -0.15) is 0 Å². The first kappa shape index (κ1) is 31.3. The third-order valence-corrected chi connectivity index (χ3v) is 10.2. The molecule has 5 rings (SSSR count). The van der Waals surface area contributed by atoms with Gasteiger partial charge in [-0.05, 0) is 79.8 Å². The minimum atomic E-state index is -1.11. The average Bonchev–Trinajstić information content (AvgIpc) is 3.36. The van der Waals surface area contributed by atoms with Gasteiger partial charge in [0.05, 0.1) is 23.0 Å². The maximum atomic E-state index is 13.5. The number of rotatable bonds is 10. The van der Waals surface area contributed by atoms with Gasteiger partial charge >= 0.3 is 11.9 Å². The van der Waals surface area contributed by atoms with Crippen molar-refractivity contribution in [3.63, 3.8) is 0 Å². The molecule has 1 aromatic heterocycles. The molecule has 0 radical (unpaired) electrons. The second kappa shape index (κ2) is 13.7. The molecule has 1 heterocycles. The molecule has 1 aliphatic rings. The molecule has 44 heavy (non-hydrogen) atoms. The van der Waals surface area contributed by atoms with Gasteiger partial charge in [0.2, 0.25) is 5.91 Å². The molecule has 2 amide bonds. The lowest BCUT2D eigenvalue weighted by atomic mass is 9.88. The van der Waals surface area contributed by atoms with Crippen molar-refractivity contribution in [2.24, 2.45) is 5.92 Å². The number of thiophene rings is 1. The van der Waals surface area contributed by atoms with E-state index in [1.54, 1.807) is 55.5 Å². The summed E-state index contributed by atoms with van der Waals surface area (Å²) in [5.74, 6) is -1.63. The zero-order chi connectivity index (χ0) is 31.4. The van der Waals surface area contributed by atoms with Crippen LogP contribution in [-0.2, 0) is 22.4 Å². The number of nitrogens with one attached hydrogen (secondary N) is 2. The number of hydrogen-bond donors (Lipinski definition) is 3. The van der Waals surface area contributed by atoms with Gasteiger partial charge < -0.3 is 20.5 Å². The van der Waals surface area contributed by atoms with E-state index in [0.29, 0.717) is 39.4 Å². The van der Waals surface area contributed by atoms with Crippen molar-refractivity contribution in [1.29, 1.82) is 0 Å². The summed E-state index contributed by atoms with van der Waals surface area (Å²) in [5.41, 5.74) is 2.31. The van der Waals surface area contributed by atoms with E-state index in [4.69, 9.17) is 4.74 Å². The van der Waals surface area contributed by atoms with Gasteiger partial charge in [0.15, 0.2) is 0 Å². The molecule has 1 aliphatic carbocycles. The molecular formula is C34H34N2O6S2. The minimum Gasteiger partial charge on any atom is -0.478 e. The summed E-state index contributed by atoms with van der Waals surface area (Å²) in [4.78, 5) is 53.5. The fraction of sp³-hybridized carbons (Fsp3) is 0.294. The van der Waals surface area contributed by atoms with Crippen LogP contribution in [0, 0.1) is 5.92 Å². The third kappa shape index (κ3) is 6.66. The molecule has 228 valence electrons. The van der Waals surface area contributed by atoms with Crippen molar-refractivity contribution in [2.45, 2.75) is 56.6 Å². The Labute approximate surface area is 264 Å². The monoisotopic (exact) mass is 630 g/mol. The molecule has 0 aliphatic heterocycles. The number of carboxylic acid groups (broad SMARTS) is 1. The van der Waals surface area contributed by atoms with Crippen LogP contribution in [0.25, 0.3) is 10.8 Å². The summed E-state index contributed by atoms with van der Waals surface area (Å²) in [6.07, 6.45) is 3.20. The van der Waals surface area contributed by atoms with Gasteiger partial charge in [0.25, 0.3) is 5.91 Å². The highest BCUT2D eigenvalue weighted by atomic mass is 32.2. The van der Waals surface area contributed by atoms with E-state index >= 15 is 0 Å². The normalized spacial score (nSPS) is 14.8. The van der Waals surface area contributed by atoms with E-state index in [9.17, 15) is 24.3 Å². The van der Waals surface area contributed by atoms with Crippen molar-refractivity contribution in [2.75, 3.05) is 17.2 Å². The summed E-state index contributed by atoms with van der Waals surface area (Å²) in [6, 6.07) is 17.2. The lowest BCUT2D eigenvalue weighted by Crippen LogP contribution is -2.25. The Bertz CT molecular complexity index is 1740. The first-order valence-corrected chi connectivity index (χ1v) is 16.3. The van der Waals surface area contributed by atoms with Crippen molar-refractivity contribution >= 4 is 68.3 Å². The van der Waals surface area contributed by atoms with E-state index in [2.05, 4.69) is 17.6 Å². The second-order valence-electron chi connectivity index (χ2n) is 10.8. The molecule has 0 fully saturated rings. The number of carbonyl (C=O) groups excluding carboxylic acids is 3. The molecule has 10 heteroatoms. The van der Waals surface area contributed by atoms with E-state index in [1.165, 1.54) is 29.2 Å². The standard InChI is InChI=1S/C34H34N2O6S2/c1-4-26(31(38)36-32-29(34(41)42-5-2)23-16-15-19(3)17-27(23)44-32)43-22-12-8-11-21(18-22)35-30(37)24-13-6-9-20-10-7-14-25(28(20)24)33(39)40/h6-14,18-19,26H,4-5,15-17H2,1-3H3,(H,35,37)(H,36,38)(H,39,40). The van der Waals surface area contributed by atoms with Crippen LogP contribution in [0.3, 0.4) is 0 Å². The Morgan fingerprint density at radius 2 is 1.75 bits per heavy atom. The fourth-order valence-corrected chi connectivity index (χ4v) is 7.91. The Kier molecular flexibility index (Phi) is 9.71. The number of amides is 2. The van der Waals surface area contributed by atoms with E-state index < -0.39 is 23.1 Å². The van der Waals surface area contributed by atoms with Crippen LogP contribution >= 0.6 is 23.1 Å². The van der Waals surface area contributed by atoms with Gasteiger partial charge in [0, 0.05) is 26.4 Å². The number of esters is 1. The van der Waals surface area contributed by atoms with Gasteiger partial charge in [0.1, 0.15) is 5.00 Å². The number of hydrogen-bond acceptors (Lipinski definition) is 7. The zero-order valence-electron chi connectivity index (χ0n) is 24.8. The highest BCUT2D eigenvalue weighted by Gasteiger charge is 2.30.